The number of likely N-dealkylation sites (tertiary alicyclic amines) is 1. The fourth-order valence-corrected chi connectivity index (χ4v) is 1.83. The largest absolute Gasteiger partial charge is 0.351 e. The number of guanidine groups is 1. The third kappa shape index (κ3) is 3.79. The van der Waals surface area contributed by atoms with Crippen molar-refractivity contribution in [2.24, 2.45) is 0 Å². The molecule has 0 bridgehead atoms. The molecule has 2 atom stereocenters. The van der Waals surface area contributed by atoms with Gasteiger partial charge in [0.25, 0.3) is 0 Å². The Bertz CT molecular complexity index is 238. The minimum Gasteiger partial charge on any atom is -0.351 e. The molecule has 3 N–H and O–H groups in total. The highest BCUT2D eigenvalue weighted by Gasteiger charge is 2.20. The molecule has 0 aromatic rings. The van der Waals surface area contributed by atoms with E-state index in [4.69, 9.17) is 10.8 Å². The first-order valence-electron chi connectivity index (χ1n) is 5.88. The second-order valence-electron chi connectivity index (χ2n) is 4.27. The van der Waals surface area contributed by atoms with E-state index in [-0.39, 0.29) is 6.04 Å². The van der Waals surface area contributed by atoms with Crippen molar-refractivity contribution in [2.45, 2.75) is 44.8 Å². The van der Waals surface area contributed by atoms with Crippen LogP contribution in [-0.2, 0) is 0 Å². The number of hydrogen-bond donors (Lipinski definition) is 3. The molecule has 1 fully saturated rings. The third-order valence-electron chi connectivity index (χ3n) is 2.92. The number of nitrogens with one attached hydrogen (secondary N) is 3. The van der Waals surface area contributed by atoms with E-state index in [9.17, 15) is 4.39 Å². The molecule has 0 saturated carbocycles. The van der Waals surface area contributed by atoms with Gasteiger partial charge < -0.3 is 15.6 Å². The summed E-state index contributed by atoms with van der Waals surface area (Å²) >= 11 is 0. The van der Waals surface area contributed by atoms with Crippen LogP contribution in [0.5, 0.6) is 0 Å². The standard InChI is InChI=1S/C11H21FN4/c1-9(10(12)5-4-6-13)15-11(14)16-7-2-3-8-16/h6,9-10,13H,2-5,7-8H2,1H3,(H2,14,15)/t9-,10-/m0/s1. The van der Waals surface area contributed by atoms with Gasteiger partial charge in [-0.1, -0.05) is 0 Å². The summed E-state index contributed by atoms with van der Waals surface area (Å²) in [4.78, 5) is 1.94. The van der Waals surface area contributed by atoms with Gasteiger partial charge >= 0.3 is 0 Å². The number of halogens is 1. The van der Waals surface area contributed by atoms with E-state index in [2.05, 4.69) is 5.32 Å². The Hall–Kier alpha value is -1.13. The highest BCUT2D eigenvalue weighted by Crippen LogP contribution is 2.09. The van der Waals surface area contributed by atoms with Gasteiger partial charge in [-0.05, 0) is 38.8 Å². The zero-order chi connectivity index (χ0) is 12.0. The molecule has 0 aromatic carbocycles. The third-order valence-corrected chi connectivity index (χ3v) is 2.92. The SMILES string of the molecule is C[C@H](NC(=N)N1CCCC1)[C@@H](F)CCC=N. The molecule has 0 amide bonds. The smallest absolute Gasteiger partial charge is 0.191 e. The van der Waals surface area contributed by atoms with E-state index in [0.717, 1.165) is 25.9 Å². The van der Waals surface area contributed by atoms with Crippen LogP contribution in [0.2, 0.25) is 0 Å². The van der Waals surface area contributed by atoms with Crippen LogP contribution in [0.4, 0.5) is 4.39 Å². The average Bonchev–Trinajstić information content (AvgIpc) is 2.79. The van der Waals surface area contributed by atoms with Crippen molar-refractivity contribution in [1.29, 1.82) is 10.8 Å². The Balaban J connectivity index is 2.28. The Kier molecular flexibility index (Phi) is 5.22. The summed E-state index contributed by atoms with van der Waals surface area (Å²) in [7, 11) is 0. The van der Waals surface area contributed by atoms with Gasteiger partial charge in [-0.25, -0.2) is 4.39 Å². The Morgan fingerprint density at radius 3 is 2.69 bits per heavy atom. The number of alkyl halides is 1. The molecule has 0 unspecified atom stereocenters. The van der Waals surface area contributed by atoms with E-state index in [0.29, 0.717) is 18.8 Å². The maximum atomic E-state index is 13.5. The molecule has 0 aromatic heterocycles. The summed E-state index contributed by atoms with van der Waals surface area (Å²) in [6.07, 6.45) is 3.28. The average molecular weight is 228 g/mol. The van der Waals surface area contributed by atoms with E-state index in [1.807, 2.05) is 4.90 Å². The van der Waals surface area contributed by atoms with E-state index >= 15 is 0 Å². The van der Waals surface area contributed by atoms with Crippen LogP contribution >= 0.6 is 0 Å². The Morgan fingerprint density at radius 1 is 1.50 bits per heavy atom. The highest BCUT2D eigenvalue weighted by atomic mass is 19.1. The van der Waals surface area contributed by atoms with Gasteiger partial charge in [0.1, 0.15) is 6.17 Å². The van der Waals surface area contributed by atoms with Crippen LogP contribution in [0.3, 0.4) is 0 Å². The molecule has 4 nitrogen and oxygen atoms in total. The zero-order valence-electron chi connectivity index (χ0n) is 9.80. The first-order valence-corrected chi connectivity index (χ1v) is 5.88. The van der Waals surface area contributed by atoms with Gasteiger partial charge in [0.15, 0.2) is 5.96 Å². The van der Waals surface area contributed by atoms with Crippen molar-refractivity contribution in [1.82, 2.24) is 10.2 Å². The molecule has 1 aliphatic heterocycles. The van der Waals surface area contributed by atoms with Crippen LogP contribution in [0.1, 0.15) is 32.6 Å². The lowest BCUT2D eigenvalue weighted by molar-refractivity contribution is 0.261. The summed E-state index contributed by atoms with van der Waals surface area (Å²) in [6, 6.07) is -0.354. The molecular formula is C11H21FN4. The number of rotatable bonds is 5. The highest BCUT2D eigenvalue weighted by molar-refractivity contribution is 5.77. The van der Waals surface area contributed by atoms with Crippen LogP contribution < -0.4 is 5.32 Å². The first-order chi connectivity index (χ1) is 7.65. The molecule has 1 rings (SSSR count). The maximum absolute atomic E-state index is 13.5. The summed E-state index contributed by atoms with van der Waals surface area (Å²) < 4.78 is 13.5. The second-order valence-corrected chi connectivity index (χ2v) is 4.27. The lowest BCUT2D eigenvalue weighted by Gasteiger charge is -2.25. The van der Waals surface area contributed by atoms with Crippen molar-refractivity contribution in [2.75, 3.05) is 13.1 Å². The Labute approximate surface area is 96.2 Å². The lowest BCUT2D eigenvalue weighted by Crippen LogP contribution is -2.46. The monoisotopic (exact) mass is 228 g/mol. The second kappa shape index (κ2) is 6.45. The molecule has 92 valence electrons. The van der Waals surface area contributed by atoms with Crippen molar-refractivity contribution < 1.29 is 4.39 Å². The van der Waals surface area contributed by atoms with Gasteiger partial charge in [0.2, 0.25) is 0 Å². The quantitative estimate of drug-likeness (QED) is 0.496. The molecule has 1 heterocycles. The molecule has 0 radical (unpaired) electrons. The fraction of sp³-hybridized carbons (Fsp3) is 0.818. The van der Waals surface area contributed by atoms with Crippen LogP contribution in [0.25, 0.3) is 0 Å². The summed E-state index contributed by atoms with van der Waals surface area (Å²) in [5, 5.41) is 17.5. The zero-order valence-corrected chi connectivity index (χ0v) is 9.80. The number of hydrogen-bond acceptors (Lipinski definition) is 2. The maximum Gasteiger partial charge on any atom is 0.191 e. The van der Waals surface area contributed by atoms with Crippen LogP contribution in [-0.4, -0.2) is 42.4 Å². The van der Waals surface area contributed by atoms with Gasteiger partial charge in [-0.2, -0.15) is 0 Å². The summed E-state index contributed by atoms with van der Waals surface area (Å²) in [5.74, 6) is 0.336. The molecule has 0 aliphatic carbocycles. The van der Waals surface area contributed by atoms with Gasteiger partial charge in [0.05, 0.1) is 6.04 Å². The van der Waals surface area contributed by atoms with E-state index in [1.54, 1.807) is 6.92 Å². The first kappa shape index (κ1) is 12.9. The molecule has 1 saturated heterocycles. The van der Waals surface area contributed by atoms with Gasteiger partial charge in [-0.15, -0.1) is 0 Å². The minimum absolute atomic E-state index is 0.336. The van der Waals surface area contributed by atoms with Crippen LogP contribution in [0.15, 0.2) is 0 Å². The van der Waals surface area contributed by atoms with Gasteiger partial charge in [0, 0.05) is 13.1 Å². The molecule has 0 spiro atoms. The molecule has 5 heteroatoms. The predicted molar refractivity (Wildman–Crippen MR) is 64.0 cm³/mol. The Morgan fingerprint density at radius 2 is 2.12 bits per heavy atom. The van der Waals surface area contributed by atoms with E-state index in [1.165, 1.54) is 6.21 Å². The normalized spacial score (nSPS) is 19.2. The van der Waals surface area contributed by atoms with Crippen molar-refractivity contribution in [3.05, 3.63) is 0 Å². The predicted octanol–water partition coefficient (Wildman–Crippen LogP) is 1.76. The van der Waals surface area contributed by atoms with E-state index < -0.39 is 6.17 Å². The van der Waals surface area contributed by atoms with Crippen molar-refractivity contribution in [3.8, 4) is 0 Å². The minimum atomic E-state index is -0.996. The summed E-state index contributed by atoms with van der Waals surface area (Å²) in [5.41, 5.74) is 0. The van der Waals surface area contributed by atoms with Crippen molar-refractivity contribution >= 4 is 12.2 Å². The number of nitrogens with zero attached hydrogens (tertiary/aromatic N) is 1. The fourth-order valence-electron chi connectivity index (χ4n) is 1.83. The van der Waals surface area contributed by atoms with Crippen LogP contribution in [0, 0.1) is 10.8 Å². The summed E-state index contributed by atoms with van der Waals surface area (Å²) in [6.45, 7) is 3.55. The molecular weight excluding hydrogens is 207 g/mol. The molecule has 1 aliphatic rings. The molecule has 16 heavy (non-hydrogen) atoms. The van der Waals surface area contributed by atoms with Crippen molar-refractivity contribution in [3.63, 3.8) is 0 Å². The lowest BCUT2D eigenvalue weighted by atomic mass is 10.1. The van der Waals surface area contributed by atoms with Gasteiger partial charge in [-0.3, -0.25) is 5.41 Å². The topological polar surface area (TPSA) is 63.0 Å².